The molecule has 1 atom stereocenters. The number of ether oxygens (including phenoxy) is 1. The van der Waals surface area contributed by atoms with Crippen molar-refractivity contribution in [3.63, 3.8) is 0 Å². The molecule has 1 aliphatic rings. The lowest BCUT2D eigenvalue weighted by molar-refractivity contribution is -0.134. The Bertz CT molecular complexity index is 1300. The van der Waals surface area contributed by atoms with Crippen molar-refractivity contribution < 1.29 is 17.9 Å². The van der Waals surface area contributed by atoms with Gasteiger partial charge in [0.2, 0.25) is 15.9 Å². The van der Waals surface area contributed by atoms with Crippen molar-refractivity contribution in [3.8, 4) is 5.75 Å². The van der Waals surface area contributed by atoms with E-state index in [-0.39, 0.29) is 30.4 Å². The molecule has 0 aromatic heterocycles. The number of amides is 1. The van der Waals surface area contributed by atoms with Crippen molar-refractivity contribution in [2.45, 2.75) is 30.7 Å². The third-order valence-corrected chi connectivity index (χ3v) is 9.29. The van der Waals surface area contributed by atoms with Crippen LogP contribution in [0.25, 0.3) is 0 Å². The zero-order chi connectivity index (χ0) is 26.5. The molecule has 1 saturated heterocycles. The molecule has 6 nitrogen and oxygen atoms in total. The van der Waals surface area contributed by atoms with Crippen molar-refractivity contribution in [2.24, 2.45) is 5.41 Å². The molecule has 0 bridgehead atoms. The first-order valence-corrected chi connectivity index (χ1v) is 14.7. The summed E-state index contributed by atoms with van der Waals surface area (Å²) in [6.45, 7) is 1.29. The first-order valence-electron chi connectivity index (χ1n) is 12.1. The molecule has 4 rings (SSSR count). The van der Waals surface area contributed by atoms with Gasteiger partial charge in [-0.1, -0.05) is 57.9 Å². The Balaban J connectivity index is 1.56. The zero-order valence-electron chi connectivity index (χ0n) is 20.6. The van der Waals surface area contributed by atoms with Crippen molar-refractivity contribution in [2.75, 3.05) is 26.7 Å². The first-order chi connectivity index (χ1) is 17.7. The zero-order valence-corrected chi connectivity index (χ0v) is 23.8. The van der Waals surface area contributed by atoms with E-state index in [0.717, 1.165) is 10.0 Å². The SMILES string of the molecule is CN(Cc1ccccc1)C(=O)CC1(COc2ccc(Cl)cc2)CCCN(S(=O)(=O)c2ccc(Br)cc2)C1. The fourth-order valence-corrected chi connectivity index (χ4v) is 6.59. The molecule has 0 N–H and O–H groups in total. The fourth-order valence-electron chi connectivity index (χ4n) is 4.61. The second kappa shape index (κ2) is 12.0. The number of carbonyl (C=O) groups is 1. The van der Waals surface area contributed by atoms with Gasteiger partial charge in [-0.2, -0.15) is 4.31 Å². The van der Waals surface area contributed by atoms with E-state index in [1.165, 1.54) is 4.31 Å². The highest BCUT2D eigenvalue weighted by Gasteiger charge is 2.43. The summed E-state index contributed by atoms with van der Waals surface area (Å²) in [5.74, 6) is 0.577. The van der Waals surface area contributed by atoms with Crippen molar-refractivity contribution in [3.05, 3.63) is 93.9 Å². The Kier molecular flexibility index (Phi) is 8.95. The Hall–Kier alpha value is -2.39. The standard InChI is InChI=1S/C28H30BrClN2O4S/c1-31(19-22-6-3-2-4-7-22)27(33)18-28(21-36-25-12-10-24(30)11-13-25)16-5-17-32(20-28)37(34,35)26-14-8-23(29)9-15-26/h2-4,6-15H,5,16-21H2,1H3. The molecule has 1 unspecified atom stereocenters. The van der Waals surface area contributed by atoms with Crippen LogP contribution in [0.2, 0.25) is 5.02 Å². The van der Waals surface area contributed by atoms with Gasteiger partial charge in [0.05, 0.1) is 11.5 Å². The van der Waals surface area contributed by atoms with Crippen LogP contribution in [0.5, 0.6) is 5.75 Å². The van der Waals surface area contributed by atoms with Gasteiger partial charge in [0, 0.05) is 48.0 Å². The van der Waals surface area contributed by atoms with Gasteiger partial charge in [-0.15, -0.1) is 0 Å². The molecule has 0 saturated carbocycles. The number of hydrogen-bond donors (Lipinski definition) is 0. The van der Waals surface area contributed by atoms with Gasteiger partial charge in [-0.25, -0.2) is 8.42 Å². The van der Waals surface area contributed by atoms with E-state index in [2.05, 4.69) is 15.9 Å². The van der Waals surface area contributed by atoms with Crippen LogP contribution in [-0.4, -0.2) is 50.3 Å². The molecule has 3 aromatic carbocycles. The van der Waals surface area contributed by atoms with Crippen molar-refractivity contribution >= 4 is 43.5 Å². The number of carbonyl (C=O) groups excluding carboxylic acids is 1. The van der Waals surface area contributed by atoms with Crippen LogP contribution in [0.15, 0.2) is 88.2 Å². The monoisotopic (exact) mass is 604 g/mol. The molecule has 1 amide bonds. The van der Waals surface area contributed by atoms with E-state index < -0.39 is 15.4 Å². The summed E-state index contributed by atoms with van der Waals surface area (Å²) < 4.78 is 35.5. The number of piperidine rings is 1. The molecule has 196 valence electrons. The summed E-state index contributed by atoms with van der Waals surface area (Å²) in [7, 11) is -1.95. The smallest absolute Gasteiger partial charge is 0.243 e. The van der Waals surface area contributed by atoms with Gasteiger partial charge in [-0.05, 0) is 66.9 Å². The minimum atomic E-state index is -3.73. The molecule has 1 fully saturated rings. The summed E-state index contributed by atoms with van der Waals surface area (Å²) in [5.41, 5.74) is 0.357. The van der Waals surface area contributed by atoms with E-state index in [0.29, 0.717) is 36.7 Å². The molecule has 0 radical (unpaired) electrons. The summed E-state index contributed by atoms with van der Waals surface area (Å²) in [6.07, 6.45) is 1.49. The van der Waals surface area contributed by atoms with Gasteiger partial charge in [0.15, 0.2) is 0 Å². The normalized spacial score (nSPS) is 18.4. The molecule has 1 aliphatic heterocycles. The number of rotatable bonds is 9. The third-order valence-electron chi connectivity index (χ3n) is 6.65. The number of benzene rings is 3. The Morgan fingerprint density at radius 1 is 1.05 bits per heavy atom. The molecule has 1 heterocycles. The molecule has 3 aromatic rings. The number of halogens is 2. The maximum atomic E-state index is 13.5. The number of hydrogen-bond acceptors (Lipinski definition) is 4. The van der Waals surface area contributed by atoms with E-state index >= 15 is 0 Å². The fraction of sp³-hybridized carbons (Fsp3) is 0.321. The summed E-state index contributed by atoms with van der Waals surface area (Å²) in [4.78, 5) is 15.4. The van der Waals surface area contributed by atoms with Gasteiger partial charge in [0.1, 0.15) is 5.75 Å². The predicted molar refractivity (Wildman–Crippen MR) is 149 cm³/mol. The minimum absolute atomic E-state index is 0.0496. The van der Waals surface area contributed by atoms with Crippen LogP contribution in [0.1, 0.15) is 24.8 Å². The van der Waals surface area contributed by atoms with E-state index in [1.54, 1.807) is 60.5 Å². The maximum absolute atomic E-state index is 13.5. The molecule has 0 aliphatic carbocycles. The molecule has 0 spiro atoms. The van der Waals surface area contributed by atoms with Crippen molar-refractivity contribution in [1.82, 2.24) is 9.21 Å². The molecular weight excluding hydrogens is 576 g/mol. The average molecular weight is 606 g/mol. The predicted octanol–water partition coefficient (Wildman–Crippen LogP) is 6.00. The Labute approximate surface area is 232 Å². The second-order valence-corrected chi connectivity index (χ2v) is 12.8. The summed E-state index contributed by atoms with van der Waals surface area (Å²) in [5, 5.41) is 0.601. The summed E-state index contributed by atoms with van der Waals surface area (Å²) >= 11 is 9.38. The molecule has 37 heavy (non-hydrogen) atoms. The highest BCUT2D eigenvalue weighted by atomic mass is 79.9. The largest absolute Gasteiger partial charge is 0.493 e. The van der Waals surface area contributed by atoms with Gasteiger partial charge >= 0.3 is 0 Å². The van der Waals surface area contributed by atoms with Gasteiger partial charge < -0.3 is 9.64 Å². The number of sulfonamides is 1. The van der Waals surface area contributed by atoms with Gasteiger partial charge in [0.25, 0.3) is 0 Å². The first kappa shape index (κ1) is 27.6. The highest BCUT2D eigenvalue weighted by Crippen LogP contribution is 2.37. The molecule has 9 heteroatoms. The lowest BCUT2D eigenvalue weighted by Gasteiger charge is -2.42. The Morgan fingerprint density at radius 2 is 1.73 bits per heavy atom. The maximum Gasteiger partial charge on any atom is 0.243 e. The highest BCUT2D eigenvalue weighted by molar-refractivity contribution is 9.10. The van der Waals surface area contributed by atoms with Crippen LogP contribution in [-0.2, 0) is 21.4 Å². The third kappa shape index (κ3) is 7.13. The van der Waals surface area contributed by atoms with Crippen LogP contribution >= 0.6 is 27.5 Å². The Morgan fingerprint density at radius 3 is 2.41 bits per heavy atom. The lowest BCUT2D eigenvalue weighted by Crippen LogP contribution is -2.50. The number of nitrogens with zero attached hydrogens (tertiary/aromatic N) is 2. The second-order valence-electron chi connectivity index (χ2n) is 9.55. The topological polar surface area (TPSA) is 66.9 Å². The minimum Gasteiger partial charge on any atom is -0.493 e. The van der Waals surface area contributed by atoms with E-state index in [9.17, 15) is 13.2 Å². The van der Waals surface area contributed by atoms with E-state index in [1.807, 2.05) is 30.3 Å². The summed E-state index contributed by atoms with van der Waals surface area (Å²) in [6, 6.07) is 23.5. The van der Waals surface area contributed by atoms with Crippen LogP contribution in [0.4, 0.5) is 0 Å². The molecular formula is C28H30BrClN2O4S. The van der Waals surface area contributed by atoms with Crippen LogP contribution < -0.4 is 4.74 Å². The average Bonchev–Trinajstić information content (AvgIpc) is 2.89. The van der Waals surface area contributed by atoms with Gasteiger partial charge in [-0.3, -0.25) is 4.79 Å². The van der Waals surface area contributed by atoms with Crippen LogP contribution in [0.3, 0.4) is 0 Å². The van der Waals surface area contributed by atoms with Crippen LogP contribution in [0, 0.1) is 5.41 Å². The van der Waals surface area contributed by atoms with Crippen molar-refractivity contribution in [1.29, 1.82) is 0 Å². The van der Waals surface area contributed by atoms with E-state index in [4.69, 9.17) is 16.3 Å². The lowest BCUT2D eigenvalue weighted by atomic mass is 9.78. The quantitative estimate of drug-likeness (QED) is 0.300.